The van der Waals surface area contributed by atoms with Crippen molar-refractivity contribution in [3.63, 3.8) is 0 Å². The molecule has 26 heavy (non-hydrogen) atoms. The lowest BCUT2D eigenvalue weighted by atomic mass is 10.1. The average molecular weight is 355 g/mol. The molecule has 0 aliphatic carbocycles. The van der Waals surface area contributed by atoms with Crippen molar-refractivity contribution in [3.05, 3.63) is 77.6 Å². The van der Waals surface area contributed by atoms with Crippen LogP contribution in [0.15, 0.2) is 72.0 Å². The number of nitrogens with zero attached hydrogens (tertiary/aromatic N) is 1. The summed E-state index contributed by atoms with van der Waals surface area (Å²) < 4.78 is 5.05. The number of ether oxygens (including phenoxy) is 1. The molecule has 0 radical (unpaired) electrons. The molecule has 1 amide bonds. The second kappa shape index (κ2) is 9.39. The third-order valence-electron chi connectivity index (χ3n) is 3.77. The number of hydrogen-bond donors (Lipinski definition) is 2. The predicted octanol–water partition coefficient (Wildman–Crippen LogP) is 2.70. The third kappa shape index (κ3) is 4.94. The summed E-state index contributed by atoms with van der Waals surface area (Å²) in [4.78, 5) is 26.0. The summed E-state index contributed by atoms with van der Waals surface area (Å²) in [6, 6.07) is 17.2. The molecule has 0 fully saturated rings. The number of carbonyl (C=O) groups excluding carboxylic acids is 2. The van der Waals surface area contributed by atoms with Gasteiger partial charge in [-0.25, -0.2) is 4.79 Å². The molecule has 2 N–H and O–H groups in total. The van der Waals surface area contributed by atoms with E-state index in [1.54, 1.807) is 61.6 Å². The summed E-state index contributed by atoms with van der Waals surface area (Å²) in [5.41, 5.74) is 0.985. The minimum Gasteiger partial charge on any atom is -0.508 e. The Bertz CT molecular complexity index is 771. The Kier molecular flexibility index (Phi) is 6.93. The van der Waals surface area contributed by atoms with Crippen LogP contribution in [0.1, 0.15) is 16.8 Å². The second-order valence-corrected chi connectivity index (χ2v) is 5.54. The van der Waals surface area contributed by atoms with E-state index in [4.69, 9.17) is 4.74 Å². The first kappa shape index (κ1) is 19.2. The van der Waals surface area contributed by atoms with Crippen LogP contribution in [0.2, 0.25) is 0 Å². The molecule has 0 bridgehead atoms. The maximum atomic E-state index is 12.6. The van der Waals surface area contributed by atoms with Crippen molar-refractivity contribution in [2.75, 3.05) is 25.2 Å². The van der Waals surface area contributed by atoms with Gasteiger partial charge >= 0.3 is 5.97 Å². The normalized spacial score (nSPS) is 11.5. The van der Waals surface area contributed by atoms with Crippen molar-refractivity contribution in [2.24, 2.45) is 0 Å². The molecule has 2 aromatic carbocycles. The van der Waals surface area contributed by atoms with Crippen LogP contribution in [0.4, 0.5) is 5.69 Å². The van der Waals surface area contributed by atoms with Crippen molar-refractivity contribution in [2.45, 2.75) is 6.42 Å². The van der Waals surface area contributed by atoms with Crippen molar-refractivity contribution in [1.29, 1.82) is 0 Å². The fourth-order valence-corrected chi connectivity index (χ4v) is 2.34. The highest BCUT2D eigenvalue weighted by atomic mass is 16.5. The molecule has 2 aromatic rings. The van der Waals surface area contributed by atoms with Gasteiger partial charge in [-0.15, -0.1) is 0 Å². The van der Waals surface area contributed by atoms with E-state index in [1.807, 2.05) is 6.07 Å². The molecule has 0 aromatic heterocycles. The number of para-hydroxylation sites is 1. The number of benzene rings is 2. The van der Waals surface area contributed by atoms with Crippen molar-refractivity contribution < 1.29 is 24.5 Å². The molecule has 6 nitrogen and oxygen atoms in total. The Balaban J connectivity index is 2.12. The van der Waals surface area contributed by atoms with E-state index in [0.717, 1.165) is 0 Å². The van der Waals surface area contributed by atoms with Crippen LogP contribution in [-0.4, -0.2) is 42.4 Å². The lowest BCUT2D eigenvalue weighted by molar-refractivity contribution is -0.115. The number of amides is 1. The van der Waals surface area contributed by atoms with Gasteiger partial charge in [0.2, 0.25) is 0 Å². The van der Waals surface area contributed by atoms with Crippen LogP contribution in [-0.2, 0) is 9.53 Å². The Labute approximate surface area is 152 Å². The number of carbonyl (C=O) groups is 2. The first-order chi connectivity index (χ1) is 12.5. The minimum atomic E-state index is -0.607. The standard InChI is InChI=1S/C20H21NO5/c1-21(16-10-6-3-7-11-16)19(24)17(12-13-22)18(23)14-26-20(25)15-8-4-2-5-9-15/h2-11,22-23H,12-14H2,1H3/b18-17-. The molecule has 0 saturated carbocycles. The third-order valence-corrected chi connectivity index (χ3v) is 3.77. The molecule has 0 atom stereocenters. The van der Waals surface area contributed by atoms with Gasteiger partial charge < -0.3 is 19.8 Å². The Morgan fingerprint density at radius 2 is 1.58 bits per heavy atom. The van der Waals surface area contributed by atoms with E-state index in [9.17, 15) is 19.8 Å². The van der Waals surface area contributed by atoms with Gasteiger partial charge in [-0.05, 0) is 24.3 Å². The van der Waals surface area contributed by atoms with Crippen LogP contribution in [0, 0.1) is 0 Å². The molecule has 136 valence electrons. The highest BCUT2D eigenvalue weighted by molar-refractivity contribution is 6.05. The van der Waals surface area contributed by atoms with Gasteiger partial charge in [0.05, 0.1) is 11.1 Å². The number of aliphatic hydroxyl groups is 2. The van der Waals surface area contributed by atoms with E-state index >= 15 is 0 Å². The topological polar surface area (TPSA) is 87.1 Å². The van der Waals surface area contributed by atoms with Gasteiger partial charge in [0.15, 0.2) is 0 Å². The predicted molar refractivity (Wildman–Crippen MR) is 97.9 cm³/mol. The SMILES string of the molecule is CN(C(=O)/C(CCO)=C(\O)COC(=O)c1ccccc1)c1ccccc1. The fraction of sp³-hybridized carbons (Fsp3) is 0.200. The maximum absolute atomic E-state index is 12.6. The van der Waals surface area contributed by atoms with Crippen LogP contribution >= 0.6 is 0 Å². The van der Waals surface area contributed by atoms with Gasteiger partial charge in [0.1, 0.15) is 12.4 Å². The lowest BCUT2D eigenvalue weighted by Gasteiger charge is -2.20. The van der Waals surface area contributed by atoms with Crippen molar-refractivity contribution in [1.82, 2.24) is 0 Å². The molecule has 2 rings (SSSR count). The smallest absolute Gasteiger partial charge is 0.338 e. The number of aliphatic hydroxyl groups excluding tert-OH is 2. The van der Waals surface area contributed by atoms with Crippen LogP contribution in [0.3, 0.4) is 0 Å². The molecule has 0 saturated heterocycles. The van der Waals surface area contributed by atoms with E-state index < -0.39 is 18.5 Å². The second-order valence-electron chi connectivity index (χ2n) is 5.54. The summed E-state index contributed by atoms with van der Waals surface area (Å²) in [7, 11) is 1.57. The van der Waals surface area contributed by atoms with Gasteiger partial charge in [0, 0.05) is 25.8 Å². The maximum Gasteiger partial charge on any atom is 0.338 e. The minimum absolute atomic E-state index is 0.000264. The van der Waals surface area contributed by atoms with E-state index in [-0.39, 0.29) is 24.4 Å². The fourth-order valence-electron chi connectivity index (χ4n) is 2.34. The number of hydrogen-bond acceptors (Lipinski definition) is 5. The van der Waals surface area contributed by atoms with E-state index in [0.29, 0.717) is 11.3 Å². The summed E-state index contributed by atoms with van der Waals surface area (Å²) >= 11 is 0. The van der Waals surface area contributed by atoms with Crippen LogP contribution in [0.5, 0.6) is 0 Å². The zero-order valence-electron chi connectivity index (χ0n) is 14.5. The first-order valence-corrected chi connectivity index (χ1v) is 8.11. The molecular formula is C20H21NO5. The quantitative estimate of drug-likeness (QED) is 0.453. The van der Waals surface area contributed by atoms with Crippen LogP contribution < -0.4 is 4.90 Å². The zero-order valence-corrected chi connectivity index (χ0v) is 14.5. The summed E-state index contributed by atoms with van der Waals surface area (Å²) in [5, 5.41) is 19.5. The Morgan fingerprint density at radius 3 is 2.15 bits per heavy atom. The molecule has 0 aliphatic rings. The van der Waals surface area contributed by atoms with Crippen LogP contribution in [0.25, 0.3) is 0 Å². The average Bonchev–Trinajstić information content (AvgIpc) is 2.70. The number of anilines is 1. The first-order valence-electron chi connectivity index (χ1n) is 8.11. The van der Waals surface area contributed by atoms with E-state index in [2.05, 4.69) is 0 Å². The highest BCUT2D eigenvalue weighted by Gasteiger charge is 2.21. The summed E-state index contributed by atoms with van der Waals surface area (Å²) in [6.07, 6.45) is -0.0509. The highest BCUT2D eigenvalue weighted by Crippen LogP contribution is 2.18. The molecule has 0 aliphatic heterocycles. The zero-order chi connectivity index (χ0) is 18.9. The molecular weight excluding hydrogens is 334 g/mol. The van der Waals surface area contributed by atoms with Gasteiger partial charge in [-0.3, -0.25) is 4.79 Å². The largest absolute Gasteiger partial charge is 0.508 e. The Morgan fingerprint density at radius 1 is 1.00 bits per heavy atom. The van der Waals surface area contributed by atoms with Gasteiger partial charge in [-0.2, -0.15) is 0 Å². The van der Waals surface area contributed by atoms with E-state index in [1.165, 1.54) is 4.90 Å². The molecule has 0 spiro atoms. The van der Waals surface area contributed by atoms with Crippen molar-refractivity contribution >= 4 is 17.6 Å². The van der Waals surface area contributed by atoms with Gasteiger partial charge in [0.25, 0.3) is 5.91 Å². The lowest BCUT2D eigenvalue weighted by Crippen LogP contribution is -2.29. The van der Waals surface area contributed by atoms with Crippen molar-refractivity contribution in [3.8, 4) is 0 Å². The molecule has 6 heteroatoms. The monoisotopic (exact) mass is 355 g/mol. The Hall–Kier alpha value is -3.12. The summed E-state index contributed by atoms with van der Waals surface area (Å²) in [5.74, 6) is -1.46. The summed E-state index contributed by atoms with van der Waals surface area (Å²) in [6.45, 7) is -0.766. The number of rotatable bonds is 7. The number of likely N-dealkylation sites (N-methyl/N-ethyl adjacent to an activating group) is 1. The molecule has 0 heterocycles. The number of esters is 1. The molecule has 0 unspecified atom stereocenters. The van der Waals surface area contributed by atoms with Gasteiger partial charge in [-0.1, -0.05) is 36.4 Å².